The second-order valence-electron chi connectivity index (χ2n) is 3.84. The lowest BCUT2D eigenvalue weighted by Crippen LogP contribution is -2.16. The zero-order chi connectivity index (χ0) is 13.4. The van der Waals surface area contributed by atoms with E-state index < -0.39 is 22.8 Å². The first-order valence-electron chi connectivity index (χ1n) is 5.13. The number of halogens is 3. The van der Waals surface area contributed by atoms with Gasteiger partial charge in [0, 0.05) is 5.69 Å². The van der Waals surface area contributed by atoms with Gasteiger partial charge in [-0.25, -0.2) is 13.8 Å². The topological polar surface area (TPSA) is 45.8 Å². The smallest absolute Gasteiger partial charge is 0.274 e. The van der Waals surface area contributed by atoms with E-state index >= 15 is 0 Å². The number of hydrogen-bond acceptors (Lipinski definition) is 2. The predicted molar refractivity (Wildman–Crippen MR) is 67.4 cm³/mol. The number of aromatic nitrogens is 2. The molecule has 0 amide bonds. The summed E-state index contributed by atoms with van der Waals surface area (Å²) < 4.78 is 27.6. The zero-order valence-electron chi connectivity index (χ0n) is 9.64. The number of aromatic amines is 1. The van der Waals surface area contributed by atoms with E-state index in [0.717, 1.165) is 6.07 Å². The van der Waals surface area contributed by atoms with Crippen LogP contribution in [0.25, 0.3) is 11.3 Å². The molecular weight excluding hydrogens is 306 g/mol. The van der Waals surface area contributed by atoms with Crippen molar-refractivity contribution in [3.8, 4) is 11.3 Å². The Kier molecular flexibility index (Phi) is 3.30. The van der Waals surface area contributed by atoms with Gasteiger partial charge >= 0.3 is 0 Å². The fraction of sp³-hybridized carbons (Fsp3) is 0.167. The van der Waals surface area contributed by atoms with Gasteiger partial charge in [-0.3, -0.25) is 4.79 Å². The van der Waals surface area contributed by atoms with Gasteiger partial charge in [0.1, 0.15) is 17.3 Å². The molecule has 0 atom stereocenters. The summed E-state index contributed by atoms with van der Waals surface area (Å²) in [6.45, 7) is 3.32. The highest BCUT2D eigenvalue weighted by Crippen LogP contribution is 2.27. The van der Waals surface area contributed by atoms with Gasteiger partial charge in [0.2, 0.25) is 0 Å². The van der Waals surface area contributed by atoms with E-state index in [0.29, 0.717) is 11.4 Å². The van der Waals surface area contributed by atoms with Crippen LogP contribution in [0.5, 0.6) is 0 Å². The molecule has 18 heavy (non-hydrogen) atoms. The van der Waals surface area contributed by atoms with E-state index in [9.17, 15) is 13.6 Å². The summed E-state index contributed by atoms with van der Waals surface area (Å²) in [5.74, 6) is -1.66. The number of hydrogen-bond donors (Lipinski definition) is 1. The lowest BCUT2D eigenvalue weighted by molar-refractivity contribution is 0.583. The SMILES string of the molecule is Cc1nc(-c2c(F)ccc(Br)c2F)c(=O)[nH]c1C. The molecule has 2 rings (SSSR count). The van der Waals surface area contributed by atoms with E-state index in [1.807, 2.05) is 0 Å². The molecule has 2 aromatic rings. The van der Waals surface area contributed by atoms with Gasteiger partial charge in [-0.2, -0.15) is 0 Å². The van der Waals surface area contributed by atoms with E-state index in [4.69, 9.17) is 0 Å². The minimum absolute atomic E-state index is 0.0818. The number of aryl methyl sites for hydroxylation is 2. The summed E-state index contributed by atoms with van der Waals surface area (Å²) in [4.78, 5) is 18.2. The third-order valence-electron chi connectivity index (χ3n) is 2.62. The van der Waals surface area contributed by atoms with Crippen LogP contribution in [-0.4, -0.2) is 9.97 Å². The quantitative estimate of drug-likeness (QED) is 0.822. The Labute approximate surface area is 110 Å². The van der Waals surface area contributed by atoms with Crippen LogP contribution in [0.3, 0.4) is 0 Å². The second-order valence-corrected chi connectivity index (χ2v) is 4.70. The Bertz CT molecular complexity index is 683. The van der Waals surface area contributed by atoms with Crippen LogP contribution in [0.2, 0.25) is 0 Å². The van der Waals surface area contributed by atoms with Crippen molar-refractivity contribution >= 4 is 15.9 Å². The molecule has 1 aromatic heterocycles. The predicted octanol–water partition coefficient (Wildman–Crippen LogP) is 3.09. The average Bonchev–Trinajstić information content (AvgIpc) is 2.31. The first-order chi connectivity index (χ1) is 8.41. The van der Waals surface area contributed by atoms with Crippen molar-refractivity contribution in [1.29, 1.82) is 0 Å². The molecule has 0 radical (unpaired) electrons. The van der Waals surface area contributed by atoms with Gasteiger partial charge in [-0.1, -0.05) is 0 Å². The third-order valence-corrected chi connectivity index (χ3v) is 3.23. The molecule has 0 aliphatic carbocycles. The van der Waals surface area contributed by atoms with Crippen LogP contribution < -0.4 is 5.56 Å². The maximum Gasteiger partial charge on any atom is 0.274 e. The van der Waals surface area contributed by atoms with Gasteiger partial charge in [0.05, 0.1) is 15.7 Å². The molecule has 1 N–H and O–H groups in total. The normalized spacial score (nSPS) is 10.7. The molecule has 0 aliphatic heterocycles. The molecule has 0 bridgehead atoms. The number of H-pyrrole nitrogens is 1. The van der Waals surface area contributed by atoms with Crippen molar-refractivity contribution in [1.82, 2.24) is 9.97 Å². The van der Waals surface area contributed by atoms with Crippen molar-refractivity contribution in [3.05, 3.63) is 50.0 Å². The first-order valence-corrected chi connectivity index (χ1v) is 5.92. The Morgan fingerprint density at radius 1 is 1.28 bits per heavy atom. The largest absolute Gasteiger partial charge is 0.323 e. The van der Waals surface area contributed by atoms with Crippen LogP contribution in [0.4, 0.5) is 8.78 Å². The molecule has 0 saturated carbocycles. The minimum atomic E-state index is -0.837. The fourth-order valence-electron chi connectivity index (χ4n) is 1.54. The van der Waals surface area contributed by atoms with Crippen LogP contribution in [0, 0.1) is 25.5 Å². The second kappa shape index (κ2) is 4.61. The maximum absolute atomic E-state index is 13.9. The van der Waals surface area contributed by atoms with Gasteiger partial charge < -0.3 is 4.98 Å². The van der Waals surface area contributed by atoms with Crippen molar-refractivity contribution in [2.45, 2.75) is 13.8 Å². The lowest BCUT2D eigenvalue weighted by Gasteiger charge is -2.07. The van der Waals surface area contributed by atoms with Crippen molar-refractivity contribution in [2.24, 2.45) is 0 Å². The van der Waals surface area contributed by atoms with Crippen molar-refractivity contribution in [2.75, 3.05) is 0 Å². The minimum Gasteiger partial charge on any atom is -0.323 e. The molecule has 3 nitrogen and oxygen atoms in total. The van der Waals surface area contributed by atoms with Crippen molar-refractivity contribution in [3.63, 3.8) is 0 Å². The van der Waals surface area contributed by atoms with Gasteiger partial charge in [-0.05, 0) is 41.9 Å². The number of nitrogens with zero attached hydrogens (tertiary/aromatic N) is 1. The lowest BCUT2D eigenvalue weighted by atomic mass is 10.1. The molecule has 0 spiro atoms. The molecule has 1 heterocycles. The van der Waals surface area contributed by atoms with Crippen LogP contribution in [0.1, 0.15) is 11.4 Å². The molecule has 6 heteroatoms. The number of benzene rings is 1. The van der Waals surface area contributed by atoms with Gasteiger partial charge in [0.25, 0.3) is 5.56 Å². The van der Waals surface area contributed by atoms with Gasteiger partial charge in [0.15, 0.2) is 0 Å². The van der Waals surface area contributed by atoms with Crippen LogP contribution in [-0.2, 0) is 0 Å². The molecule has 0 saturated heterocycles. The standard InChI is InChI=1S/C12H9BrF2N2O/c1-5-6(2)17-12(18)11(16-5)9-8(14)4-3-7(13)10(9)15/h3-4H,1-2H3,(H,17,18). The Balaban J connectivity index is 2.82. The number of nitrogens with one attached hydrogen (secondary N) is 1. The zero-order valence-corrected chi connectivity index (χ0v) is 11.2. The Hall–Kier alpha value is -1.56. The molecule has 0 fully saturated rings. The van der Waals surface area contributed by atoms with Crippen LogP contribution in [0.15, 0.2) is 21.4 Å². The van der Waals surface area contributed by atoms with E-state index in [1.54, 1.807) is 13.8 Å². The summed E-state index contributed by atoms with van der Waals surface area (Å²) in [5, 5.41) is 0. The average molecular weight is 315 g/mol. The number of rotatable bonds is 1. The maximum atomic E-state index is 13.9. The summed E-state index contributed by atoms with van der Waals surface area (Å²) in [6, 6.07) is 2.32. The van der Waals surface area contributed by atoms with Crippen molar-refractivity contribution < 1.29 is 8.78 Å². The summed E-state index contributed by atoms with van der Waals surface area (Å²) in [7, 11) is 0. The summed E-state index contributed by atoms with van der Waals surface area (Å²) >= 11 is 2.95. The molecule has 0 aliphatic rings. The Morgan fingerprint density at radius 3 is 2.61 bits per heavy atom. The highest BCUT2D eigenvalue weighted by molar-refractivity contribution is 9.10. The third kappa shape index (κ3) is 2.08. The first kappa shape index (κ1) is 12.9. The summed E-state index contributed by atoms with van der Waals surface area (Å²) in [6.07, 6.45) is 0. The fourth-order valence-corrected chi connectivity index (χ4v) is 1.87. The molecule has 1 aromatic carbocycles. The van der Waals surface area contributed by atoms with Crippen LogP contribution >= 0.6 is 15.9 Å². The highest BCUT2D eigenvalue weighted by Gasteiger charge is 2.19. The summed E-state index contributed by atoms with van der Waals surface area (Å²) in [5.41, 5.74) is -0.208. The highest BCUT2D eigenvalue weighted by atomic mass is 79.9. The molecular formula is C12H9BrF2N2O. The molecule has 0 unspecified atom stereocenters. The molecule has 94 valence electrons. The monoisotopic (exact) mass is 314 g/mol. The van der Waals surface area contributed by atoms with E-state index in [2.05, 4.69) is 25.9 Å². The van der Waals surface area contributed by atoms with Gasteiger partial charge in [-0.15, -0.1) is 0 Å². The van der Waals surface area contributed by atoms with E-state index in [1.165, 1.54) is 6.07 Å². The van der Waals surface area contributed by atoms with E-state index in [-0.39, 0.29) is 10.2 Å². The Morgan fingerprint density at radius 2 is 1.94 bits per heavy atom.